The Kier molecular flexibility index (Phi) is 3.00. The molecule has 1 aromatic rings. The van der Waals surface area contributed by atoms with Gasteiger partial charge in [-0.3, -0.25) is 0 Å². The number of carbonyl (C=O) groups is 1. The summed E-state index contributed by atoms with van der Waals surface area (Å²) in [5, 5.41) is 16.9. The average Bonchev–Trinajstić information content (AvgIpc) is 2.29. The van der Waals surface area contributed by atoms with Gasteiger partial charge in [-0.2, -0.15) is 5.10 Å². The maximum absolute atomic E-state index is 11.1. The summed E-state index contributed by atoms with van der Waals surface area (Å²) < 4.78 is 0. The normalized spacial score (nSPS) is 19.1. The van der Waals surface area contributed by atoms with E-state index in [0.29, 0.717) is 11.2 Å². The molecule has 0 bridgehead atoms. The molecule has 1 N–H and O–H groups in total. The van der Waals surface area contributed by atoms with Gasteiger partial charge < -0.3 is 10.0 Å². The van der Waals surface area contributed by atoms with Gasteiger partial charge in [-0.1, -0.05) is 13.8 Å². The smallest absolute Gasteiger partial charge is 0.339 e. The van der Waals surface area contributed by atoms with Gasteiger partial charge in [0.15, 0.2) is 5.82 Å². The predicted octanol–water partition coefficient (Wildman–Crippen LogP) is 1.80. The maximum atomic E-state index is 11.1. The van der Waals surface area contributed by atoms with Crippen molar-refractivity contribution in [2.24, 2.45) is 5.41 Å². The highest BCUT2D eigenvalue weighted by atomic mass is 16.4. The Labute approximate surface area is 100 Å². The van der Waals surface area contributed by atoms with Crippen molar-refractivity contribution < 1.29 is 9.90 Å². The number of aromatic carboxylic acids is 1. The molecule has 92 valence electrons. The lowest BCUT2D eigenvalue weighted by Gasteiger charge is -2.37. The summed E-state index contributed by atoms with van der Waals surface area (Å²) in [5.41, 5.74) is 0.571. The number of carboxylic acids is 1. The van der Waals surface area contributed by atoms with Crippen LogP contribution in [-0.2, 0) is 0 Å². The molecule has 0 aliphatic carbocycles. The van der Waals surface area contributed by atoms with Crippen molar-refractivity contribution in [2.75, 3.05) is 18.0 Å². The highest BCUT2D eigenvalue weighted by Gasteiger charge is 2.28. The van der Waals surface area contributed by atoms with Gasteiger partial charge in [-0.25, -0.2) is 4.79 Å². The van der Waals surface area contributed by atoms with Gasteiger partial charge in [0, 0.05) is 13.1 Å². The molecule has 1 fully saturated rings. The third-order valence-corrected chi connectivity index (χ3v) is 3.35. The molecule has 2 heterocycles. The van der Waals surface area contributed by atoms with Crippen LogP contribution in [0.5, 0.6) is 0 Å². The average molecular weight is 235 g/mol. The van der Waals surface area contributed by atoms with Gasteiger partial charge in [0.25, 0.3) is 0 Å². The van der Waals surface area contributed by atoms with Crippen LogP contribution in [0.4, 0.5) is 5.82 Å². The molecule has 0 atom stereocenters. The number of anilines is 1. The summed E-state index contributed by atoms with van der Waals surface area (Å²) in [5.74, 6) is -0.449. The number of carboxylic acid groups (broad SMARTS) is 1. The molecule has 2 rings (SSSR count). The number of nitrogens with zero attached hydrogens (tertiary/aromatic N) is 3. The second-order valence-electron chi connectivity index (χ2n) is 5.22. The molecule has 5 heteroatoms. The fourth-order valence-corrected chi connectivity index (χ4v) is 2.05. The molecular formula is C12H17N3O2. The van der Waals surface area contributed by atoms with Gasteiger partial charge in [0.2, 0.25) is 0 Å². The number of rotatable bonds is 2. The first-order valence-corrected chi connectivity index (χ1v) is 5.79. The van der Waals surface area contributed by atoms with Gasteiger partial charge in [-0.05, 0) is 24.3 Å². The third-order valence-electron chi connectivity index (χ3n) is 3.35. The molecule has 0 amide bonds. The summed E-state index contributed by atoms with van der Waals surface area (Å²) in [6.45, 7) is 6.15. The number of hydrogen-bond acceptors (Lipinski definition) is 4. The van der Waals surface area contributed by atoms with E-state index in [1.54, 1.807) is 0 Å². The van der Waals surface area contributed by atoms with Crippen LogP contribution in [0, 0.1) is 5.41 Å². The van der Waals surface area contributed by atoms with E-state index < -0.39 is 5.97 Å². The minimum absolute atomic E-state index is 0.236. The molecular weight excluding hydrogens is 218 g/mol. The highest BCUT2D eigenvalue weighted by molar-refractivity contribution is 5.93. The Morgan fingerprint density at radius 2 is 2.06 bits per heavy atom. The molecule has 1 aromatic heterocycles. The SMILES string of the molecule is CC1(C)CCN(c2nnccc2C(=O)O)CC1. The molecule has 5 nitrogen and oxygen atoms in total. The first kappa shape index (κ1) is 11.8. The van der Waals surface area contributed by atoms with E-state index in [0.717, 1.165) is 25.9 Å². The second kappa shape index (κ2) is 4.31. The van der Waals surface area contributed by atoms with Gasteiger partial charge in [-0.15, -0.1) is 5.10 Å². The minimum Gasteiger partial charge on any atom is -0.478 e. The van der Waals surface area contributed by atoms with E-state index in [1.807, 2.05) is 4.90 Å². The molecule has 0 spiro atoms. The Balaban J connectivity index is 2.21. The summed E-state index contributed by atoms with van der Waals surface area (Å²) in [6, 6.07) is 1.50. The van der Waals surface area contributed by atoms with Crippen molar-refractivity contribution in [1.82, 2.24) is 10.2 Å². The van der Waals surface area contributed by atoms with E-state index in [4.69, 9.17) is 5.11 Å². The van der Waals surface area contributed by atoms with Crippen molar-refractivity contribution in [1.29, 1.82) is 0 Å². The molecule has 0 radical (unpaired) electrons. The van der Waals surface area contributed by atoms with Crippen LogP contribution in [0.3, 0.4) is 0 Å². The summed E-state index contributed by atoms with van der Waals surface area (Å²) >= 11 is 0. The number of aromatic nitrogens is 2. The lowest BCUT2D eigenvalue weighted by molar-refractivity contribution is 0.0696. The lowest BCUT2D eigenvalue weighted by Crippen LogP contribution is -2.38. The highest BCUT2D eigenvalue weighted by Crippen LogP contribution is 2.32. The molecule has 1 aliphatic heterocycles. The quantitative estimate of drug-likeness (QED) is 0.846. The lowest BCUT2D eigenvalue weighted by atomic mass is 9.82. The van der Waals surface area contributed by atoms with Crippen LogP contribution in [0.25, 0.3) is 0 Å². The van der Waals surface area contributed by atoms with Crippen LogP contribution < -0.4 is 4.90 Å². The summed E-state index contributed by atoms with van der Waals surface area (Å²) in [6.07, 6.45) is 3.51. The van der Waals surface area contributed by atoms with Crippen molar-refractivity contribution in [3.8, 4) is 0 Å². The standard InChI is InChI=1S/C12H17N3O2/c1-12(2)4-7-15(8-5-12)10-9(11(16)17)3-6-13-14-10/h3,6H,4-5,7-8H2,1-2H3,(H,16,17). The van der Waals surface area contributed by atoms with Crippen LogP contribution in [0.2, 0.25) is 0 Å². The van der Waals surface area contributed by atoms with Crippen LogP contribution in [0.15, 0.2) is 12.3 Å². The zero-order valence-electron chi connectivity index (χ0n) is 10.2. The Bertz CT molecular complexity index is 422. The fourth-order valence-electron chi connectivity index (χ4n) is 2.05. The van der Waals surface area contributed by atoms with Crippen molar-refractivity contribution in [3.05, 3.63) is 17.8 Å². The molecule has 1 saturated heterocycles. The van der Waals surface area contributed by atoms with Crippen LogP contribution >= 0.6 is 0 Å². The molecule has 0 unspecified atom stereocenters. The zero-order valence-corrected chi connectivity index (χ0v) is 10.2. The van der Waals surface area contributed by atoms with Crippen molar-refractivity contribution in [3.63, 3.8) is 0 Å². The molecule has 17 heavy (non-hydrogen) atoms. The number of hydrogen-bond donors (Lipinski definition) is 1. The Hall–Kier alpha value is -1.65. The molecule has 0 saturated carbocycles. The van der Waals surface area contributed by atoms with Crippen LogP contribution in [-0.4, -0.2) is 34.4 Å². The van der Waals surface area contributed by atoms with Gasteiger partial charge >= 0.3 is 5.97 Å². The Morgan fingerprint density at radius 3 is 2.65 bits per heavy atom. The predicted molar refractivity (Wildman–Crippen MR) is 64.2 cm³/mol. The van der Waals surface area contributed by atoms with E-state index in [2.05, 4.69) is 24.0 Å². The molecule has 1 aliphatic rings. The zero-order chi connectivity index (χ0) is 12.5. The first-order chi connectivity index (χ1) is 7.99. The largest absolute Gasteiger partial charge is 0.478 e. The van der Waals surface area contributed by atoms with E-state index in [-0.39, 0.29) is 5.56 Å². The topological polar surface area (TPSA) is 66.3 Å². The number of piperidine rings is 1. The molecule has 0 aromatic carbocycles. The first-order valence-electron chi connectivity index (χ1n) is 5.79. The third kappa shape index (κ3) is 2.54. The summed E-state index contributed by atoms with van der Waals surface area (Å²) in [4.78, 5) is 13.1. The van der Waals surface area contributed by atoms with E-state index in [1.165, 1.54) is 12.3 Å². The maximum Gasteiger partial charge on any atom is 0.339 e. The Morgan fingerprint density at radius 1 is 1.41 bits per heavy atom. The monoisotopic (exact) mass is 235 g/mol. The summed E-state index contributed by atoms with van der Waals surface area (Å²) in [7, 11) is 0. The van der Waals surface area contributed by atoms with Crippen molar-refractivity contribution >= 4 is 11.8 Å². The minimum atomic E-state index is -0.945. The van der Waals surface area contributed by atoms with E-state index in [9.17, 15) is 4.79 Å². The van der Waals surface area contributed by atoms with E-state index >= 15 is 0 Å². The second-order valence-corrected chi connectivity index (χ2v) is 5.22. The van der Waals surface area contributed by atoms with Gasteiger partial charge in [0.1, 0.15) is 5.56 Å². The van der Waals surface area contributed by atoms with Crippen LogP contribution in [0.1, 0.15) is 37.0 Å². The fraction of sp³-hybridized carbons (Fsp3) is 0.583. The van der Waals surface area contributed by atoms with Gasteiger partial charge in [0.05, 0.1) is 6.20 Å². The van der Waals surface area contributed by atoms with Crippen molar-refractivity contribution in [2.45, 2.75) is 26.7 Å².